The van der Waals surface area contributed by atoms with Crippen LogP contribution in [0.25, 0.3) is 0 Å². The van der Waals surface area contributed by atoms with E-state index in [1.165, 1.54) is 30.4 Å². The Morgan fingerprint density at radius 3 is 2.45 bits per heavy atom. The molecule has 0 amide bonds. The van der Waals surface area contributed by atoms with Gasteiger partial charge in [-0.1, -0.05) is 39.3 Å². The second-order valence-electron chi connectivity index (χ2n) is 13.9. The predicted molar refractivity (Wildman–Crippen MR) is 156 cm³/mol. The van der Waals surface area contributed by atoms with Crippen molar-refractivity contribution < 1.29 is 23.8 Å². The van der Waals surface area contributed by atoms with E-state index in [9.17, 15) is 9.59 Å². The van der Waals surface area contributed by atoms with Gasteiger partial charge in [0.2, 0.25) is 0 Å². The molecule has 5 aliphatic rings. The van der Waals surface area contributed by atoms with Crippen LogP contribution in [-0.4, -0.2) is 38.7 Å². The van der Waals surface area contributed by atoms with Crippen LogP contribution in [0, 0.1) is 28.1 Å². The molecule has 0 N–H and O–H groups in total. The topological polar surface area (TPSA) is 61.8 Å². The molecule has 218 valence electrons. The van der Waals surface area contributed by atoms with Crippen LogP contribution in [0.1, 0.15) is 109 Å². The molecule has 40 heavy (non-hydrogen) atoms. The van der Waals surface area contributed by atoms with E-state index < -0.39 is 16.2 Å². The van der Waals surface area contributed by atoms with Crippen LogP contribution in [0.3, 0.4) is 0 Å². The van der Waals surface area contributed by atoms with Crippen LogP contribution in [0.5, 0.6) is 5.75 Å². The number of hydrogen-bond donors (Lipinski definition) is 0. The molecule has 8 atom stereocenters. The van der Waals surface area contributed by atoms with E-state index in [1.54, 1.807) is 7.11 Å². The maximum absolute atomic E-state index is 14.1. The number of aryl methyl sites for hydroxylation is 1. The van der Waals surface area contributed by atoms with Gasteiger partial charge >= 0.3 is 5.97 Å². The van der Waals surface area contributed by atoms with Crippen LogP contribution >= 0.6 is 0 Å². The van der Waals surface area contributed by atoms with E-state index in [4.69, 9.17) is 14.2 Å². The largest absolute Gasteiger partial charge is 0.496 e. The highest BCUT2D eigenvalue weighted by atomic mass is 16.5. The summed E-state index contributed by atoms with van der Waals surface area (Å²) in [6.45, 7) is 10.8. The molecule has 3 fully saturated rings. The first-order valence-electron chi connectivity index (χ1n) is 15.8. The lowest BCUT2D eigenvalue weighted by Gasteiger charge is -2.50. The number of rotatable bonds is 8. The first-order chi connectivity index (χ1) is 19.1. The molecule has 0 heterocycles. The number of fused-ring (bicyclic) bond motifs is 6. The van der Waals surface area contributed by atoms with Crippen molar-refractivity contribution >= 4 is 11.8 Å². The van der Waals surface area contributed by atoms with E-state index in [0.29, 0.717) is 23.9 Å². The number of Topliss-reactive ketones (excluding diaryl/α,β-unsaturated/α-hetero) is 1. The van der Waals surface area contributed by atoms with Gasteiger partial charge in [-0.2, -0.15) is 0 Å². The van der Waals surface area contributed by atoms with Crippen LogP contribution in [0.4, 0.5) is 0 Å². The summed E-state index contributed by atoms with van der Waals surface area (Å²) in [7, 11) is 3.57. The minimum absolute atomic E-state index is 0.110. The van der Waals surface area contributed by atoms with Gasteiger partial charge in [0.1, 0.15) is 11.2 Å². The van der Waals surface area contributed by atoms with Crippen molar-refractivity contribution in [2.45, 2.75) is 110 Å². The SMILES string of the molecule is CCCCC1=CC2(C)C(C)(C1=O)C2(C(=O)OCC)c1cc2c(cc1OC)CCC1[C@@H]2CCC2(C)C(OC)CC[C@@H]12. The summed E-state index contributed by atoms with van der Waals surface area (Å²) in [5.74, 6) is 2.29. The van der Waals surface area contributed by atoms with Crippen molar-refractivity contribution in [3.05, 3.63) is 40.5 Å². The summed E-state index contributed by atoms with van der Waals surface area (Å²) in [5.41, 5.74) is 2.12. The molecular weight excluding hydrogens is 500 g/mol. The molecule has 3 saturated carbocycles. The van der Waals surface area contributed by atoms with Crippen molar-refractivity contribution in [2.24, 2.45) is 28.1 Å². The molecule has 5 nitrogen and oxygen atoms in total. The Morgan fingerprint density at radius 2 is 1.82 bits per heavy atom. The van der Waals surface area contributed by atoms with Crippen LogP contribution in [0.2, 0.25) is 0 Å². The zero-order valence-corrected chi connectivity index (χ0v) is 25.7. The molecule has 0 saturated heterocycles. The summed E-state index contributed by atoms with van der Waals surface area (Å²) >= 11 is 0. The molecule has 0 spiro atoms. The van der Waals surface area contributed by atoms with Gasteiger partial charge in [0.15, 0.2) is 5.78 Å². The van der Waals surface area contributed by atoms with E-state index in [0.717, 1.165) is 55.4 Å². The average Bonchev–Trinajstić information content (AvgIpc) is 3.12. The Kier molecular flexibility index (Phi) is 6.61. The number of ketones is 1. The predicted octanol–water partition coefficient (Wildman–Crippen LogP) is 7.09. The van der Waals surface area contributed by atoms with Gasteiger partial charge < -0.3 is 14.2 Å². The van der Waals surface area contributed by atoms with Crippen LogP contribution in [0.15, 0.2) is 23.8 Å². The maximum Gasteiger partial charge on any atom is 0.318 e. The lowest BCUT2D eigenvalue weighted by molar-refractivity contribution is -0.149. The summed E-state index contributed by atoms with van der Waals surface area (Å²) in [6.07, 6.45) is 12.2. The molecule has 0 radical (unpaired) electrons. The number of ether oxygens (including phenoxy) is 3. The van der Waals surface area contributed by atoms with Crippen LogP contribution in [-0.2, 0) is 30.9 Å². The minimum atomic E-state index is -1.08. The zero-order valence-electron chi connectivity index (χ0n) is 25.7. The van der Waals surface area contributed by atoms with Gasteiger partial charge in [-0.05, 0) is 111 Å². The van der Waals surface area contributed by atoms with Crippen molar-refractivity contribution in [3.8, 4) is 5.75 Å². The van der Waals surface area contributed by atoms with Gasteiger partial charge in [-0.3, -0.25) is 9.59 Å². The minimum Gasteiger partial charge on any atom is -0.496 e. The summed E-state index contributed by atoms with van der Waals surface area (Å²) in [5, 5.41) is 0. The van der Waals surface area contributed by atoms with E-state index >= 15 is 0 Å². The Bertz CT molecular complexity index is 1260. The fourth-order valence-corrected chi connectivity index (χ4v) is 10.6. The Labute approximate surface area is 240 Å². The molecule has 0 aliphatic heterocycles. The summed E-state index contributed by atoms with van der Waals surface area (Å²) < 4.78 is 17.8. The maximum atomic E-state index is 14.1. The smallest absolute Gasteiger partial charge is 0.318 e. The average molecular weight is 549 g/mol. The van der Waals surface area contributed by atoms with Crippen molar-refractivity contribution in [1.29, 1.82) is 0 Å². The third-order valence-corrected chi connectivity index (χ3v) is 12.7. The lowest BCUT2D eigenvalue weighted by Crippen LogP contribution is -2.44. The fraction of sp³-hybridized carbons (Fsp3) is 0.714. The number of carbonyl (C=O) groups excluding carboxylic acids is 2. The quantitative estimate of drug-likeness (QED) is 0.325. The monoisotopic (exact) mass is 548 g/mol. The molecule has 0 bridgehead atoms. The van der Waals surface area contributed by atoms with Gasteiger partial charge in [-0.15, -0.1) is 0 Å². The highest BCUT2D eigenvalue weighted by Crippen LogP contribution is 2.84. The van der Waals surface area contributed by atoms with Gasteiger partial charge in [0, 0.05) is 18.1 Å². The molecule has 6 unspecified atom stereocenters. The normalized spacial score (nSPS) is 41.0. The molecular formula is C35H48O5. The van der Waals surface area contributed by atoms with Gasteiger partial charge in [0.05, 0.1) is 25.2 Å². The number of methoxy groups -OCH3 is 2. The number of allylic oxidation sites excluding steroid dienone is 2. The van der Waals surface area contributed by atoms with Crippen LogP contribution < -0.4 is 4.74 Å². The Hall–Kier alpha value is -2.14. The zero-order chi connectivity index (χ0) is 28.7. The van der Waals surface area contributed by atoms with E-state index in [1.807, 2.05) is 21.0 Å². The number of carbonyl (C=O) groups is 2. The standard InChI is InChI=1S/C35H48O5/c1-8-10-11-22-20-33(4)34(5,30(22)36)35(33,31(37)40-9-2)27-19-25-21(18-28(27)38-6)12-13-24-23(25)16-17-32(3)26(24)14-15-29(32)39-7/h18-20,23-24,26,29H,8-17H2,1-7H3/t23-,24?,26-,29?,32?,33?,34?,35?/m0/s1. The lowest BCUT2D eigenvalue weighted by atomic mass is 9.55. The van der Waals surface area contributed by atoms with Crippen molar-refractivity contribution in [3.63, 3.8) is 0 Å². The summed E-state index contributed by atoms with van der Waals surface area (Å²) in [6, 6.07) is 4.48. The first kappa shape index (κ1) is 28.0. The summed E-state index contributed by atoms with van der Waals surface area (Å²) in [4.78, 5) is 28.2. The van der Waals surface area contributed by atoms with Gasteiger partial charge in [-0.25, -0.2) is 0 Å². The Morgan fingerprint density at radius 1 is 1.05 bits per heavy atom. The van der Waals surface area contributed by atoms with Crippen molar-refractivity contribution in [2.75, 3.05) is 20.8 Å². The first-order valence-corrected chi connectivity index (χ1v) is 15.8. The molecule has 5 aliphatic carbocycles. The third-order valence-electron chi connectivity index (χ3n) is 12.7. The molecule has 0 aromatic heterocycles. The highest BCUT2D eigenvalue weighted by molar-refractivity contribution is 6.16. The van der Waals surface area contributed by atoms with E-state index in [2.05, 4.69) is 39.0 Å². The second kappa shape index (κ2) is 9.44. The van der Waals surface area contributed by atoms with E-state index in [-0.39, 0.29) is 23.8 Å². The third kappa shape index (κ3) is 3.19. The molecule has 1 aromatic rings. The number of hydrogen-bond acceptors (Lipinski definition) is 5. The highest BCUT2D eigenvalue weighted by Gasteiger charge is 2.91. The van der Waals surface area contributed by atoms with Crippen molar-refractivity contribution in [1.82, 2.24) is 0 Å². The fourth-order valence-electron chi connectivity index (χ4n) is 10.6. The molecule has 6 rings (SSSR count). The second-order valence-corrected chi connectivity index (χ2v) is 13.9. The molecule has 1 aromatic carbocycles. The molecule has 5 heteroatoms. The number of esters is 1. The number of unbranched alkanes of at least 4 members (excludes halogenated alkanes) is 1. The van der Waals surface area contributed by atoms with Gasteiger partial charge in [0.25, 0.3) is 0 Å². The number of benzene rings is 1. The Balaban J connectivity index is 1.47.